The van der Waals surface area contributed by atoms with Gasteiger partial charge in [-0.3, -0.25) is 0 Å². The van der Waals surface area contributed by atoms with Crippen molar-refractivity contribution in [2.75, 3.05) is 0 Å². The van der Waals surface area contributed by atoms with Crippen LogP contribution in [0.4, 0.5) is 13.2 Å². The van der Waals surface area contributed by atoms with Gasteiger partial charge in [0.1, 0.15) is 0 Å². The summed E-state index contributed by atoms with van der Waals surface area (Å²) in [6, 6.07) is 11.3. The zero-order chi connectivity index (χ0) is 16.5. The van der Waals surface area contributed by atoms with Crippen molar-refractivity contribution in [2.45, 2.75) is 38.9 Å². The average molecular weight is 307 g/mol. The number of alkyl halides is 3. The highest BCUT2D eigenvalue weighted by Crippen LogP contribution is 2.34. The van der Waals surface area contributed by atoms with Crippen LogP contribution in [-0.2, 0) is 18.1 Å². The average Bonchev–Trinajstić information content (AvgIpc) is 2.45. The molecule has 0 spiro atoms. The molecule has 0 fully saturated rings. The second kappa shape index (κ2) is 5.76. The molecule has 0 aliphatic heterocycles. The molecule has 4 heteroatoms. The molecule has 0 amide bonds. The van der Waals surface area contributed by atoms with Crippen LogP contribution in [0.3, 0.4) is 0 Å². The van der Waals surface area contributed by atoms with Gasteiger partial charge in [0.25, 0.3) is 0 Å². The second-order valence-electron chi connectivity index (χ2n) is 6.40. The van der Waals surface area contributed by atoms with E-state index in [-0.39, 0.29) is 12.0 Å². The molecule has 0 atom stereocenters. The first-order valence-corrected chi connectivity index (χ1v) is 7.14. The lowest BCUT2D eigenvalue weighted by molar-refractivity contribution is -0.137. The van der Waals surface area contributed by atoms with Gasteiger partial charge in [0.2, 0.25) is 0 Å². The predicted octanol–water partition coefficient (Wildman–Crippen LogP) is 5.13. The molecule has 2 aromatic rings. The highest BCUT2D eigenvalue weighted by atomic mass is 19.4. The van der Waals surface area contributed by atoms with Gasteiger partial charge < -0.3 is 5.73 Å². The molecule has 1 nitrogen and oxygen atoms in total. The van der Waals surface area contributed by atoms with Gasteiger partial charge in [-0.15, -0.1) is 0 Å². The number of hydrogen-bond acceptors (Lipinski definition) is 1. The van der Waals surface area contributed by atoms with Crippen LogP contribution in [-0.4, -0.2) is 0 Å². The van der Waals surface area contributed by atoms with Crippen LogP contribution >= 0.6 is 0 Å². The summed E-state index contributed by atoms with van der Waals surface area (Å²) >= 11 is 0. The Balaban J connectivity index is 2.51. The molecular weight excluding hydrogens is 287 g/mol. The van der Waals surface area contributed by atoms with E-state index < -0.39 is 11.7 Å². The van der Waals surface area contributed by atoms with Gasteiger partial charge in [-0.2, -0.15) is 13.2 Å². The van der Waals surface area contributed by atoms with E-state index in [0.717, 1.165) is 17.2 Å². The van der Waals surface area contributed by atoms with Crippen molar-refractivity contribution in [1.82, 2.24) is 0 Å². The zero-order valence-electron chi connectivity index (χ0n) is 13.0. The van der Waals surface area contributed by atoms with Crippen molar-refractivity contribution in [3.05, 3.63) is 59.2 Å². The summed E-state index contributed by atoms with van der Waals surface area (Å²) in [6.45, 7) is 6.49. The first kappa shape index (κ1) is 16.6. The van der Waals surface area contributed by atoms with E-state index in [1.54, 1.807) is 0 Å². The van der Waals surface area contributed by atoms with Crippen LogP contribution in [0.1, 0.15) is 37.5 Å². The monoisotopic (exact) mass is 307 g/mol. The second-order valence-corrected chi connectivity index (χ2v) is 6.40. The molecule has 0 aromatic heterocycles. The first-order chi connectivity index (χ1) is 10.1. The Morgan fingerprint density at radius 3 is 1.86 bits per heavy atom. The van der Waals surface area contributed by atoms with Crippen molar-refractivity contribution < 1.29 is 13.2 Å². The molecule has 0 radical (unpaired) electrons. The van der Waals surface area contributed by atoms with Gasteiger partial charge in [0, 0.05) is 6.54 Å². The zero-order valence-corrected chi connectivity index (χ0v) is 13.0. The summed E-state index contributed by atoms with van der Waals surface area (Å²) in [7, 11) is 0. The fourth-order valence-corrected chi connectivity index (χ4v) is 2.35. The van der Waals surface area contributed by atoms with E-state index in [1.165, 1.54) is 12.1 Å². The number of benzene rings is 2. The summed E-state index contributed by atoms with van der Waals surface area (Å²) in [5.74, 6) is 0. The summed E-state index contributed by atoms with van der Waals surface area (Å²) in [5.41, 5.74) is 8.15. The first-order valence-electron chi connectivity index (χ1n) is 7.14. The maximum Gasteiger partial charge on any atom is 0.416 e. The Bertz CT molecular complexity index is 650. The van der Waals surface area contributed by atoms with Crippen molar-refractivity contribution in [2.24, 2.45) is 5.73 Å². The normalized spacial score (nSPS) is 12.5. The third kappa shape index (κ3) is 3.50. The molecule has 0 saturated heterocycles. The lowest BCUT2D eigenvalue weighted by Crippen LogP contribution is -2.10. The van der Waals surface area contributed by atoms with E-state index in [1.807, 2.05) is 24.3 Å². The van der Waals surface area contributed by atoms with Gasteiger partial charge in [-0.25, -0.2) is 0 Å². The SMILES string of the molecule is CC(C)(C)c1ccc(-c2cc(C(F)(F)F)ccc2CN)cc1. The molecule has 0 aliphatic carbocycles. The summed E-state index contributed by atoms with van der Waals surface area (Å²) in [4.78, 5) is 0. The molecule has 2 rings (SSSR count). The lowest BCUT2D eigenvalue weighted by Gasteiger charge is -2.20. The predicted molar refractivity (Wildman–Crippen MR) is 83.5 cm³/mol. The van der Waals surface area contributed by atoms with Crippen LogP contribution in [0.15, 0.2) is 42.5 Å². The molecule has 0 aliphatic rings. The van der Waals surface area contributed by atoms with E-state index in [0.29, 0.717) is 11.1 Å². The van der Waals surface area contributed by atoms with Crippen molar-refractivity contribution in [1.29, 1.82) is 0 Å². The maximum atomic E-state index is 12.9. The molecule has 0 unspecified atom stereocenters. The molecule has 22 heavy (non-hydrogen) atoms. The Morgan fingerprint density at radius 1 is 0.864 bits per heavy atom. The van der Waals surface area contributed by atoms with Gasteiger partial charge in [-0.1, -0.05) is 51.1 Å². The Hall–Kier alpha value is -1.81. The summed E-state index contributed by atoms with van der Waals surface area (Å²) < 4.78 is 38.7. The molecule has 0 bridgehead atoms. The lowest BCUT2D eigenvalue weighted by atomic mass is 9.86. The van der Waals surface area contributed by atoms with E-state index in [9.17, 15) is 13.2 Å². The van der Waals surface area contributed by atoms with E-state index >= 15 is 0 Å². The Morgan fingerprint density at radius 2 is 1.41 bits per heavy atom. The van der Waals surface area contributed by atoms with Crippen LogP contribution in [0.2, 0.25) is 0 Å². The van der Waals surface area contributed by atoms with Crippen LogP contribution in [0, 0.1) is 0 Å². The standard InChI is InChI=1S/C18H20F3N/c1-17(2,3)14-7-4-12(5-8-14)16-10-15(18(19,20)21)9-6-13(16)11-22/h4-10H,11,22H2,1-3H3. The molecule has 0 saturated carbocycles. The Labute approximate surface area is 129 Å². The van der Waals surface area contributed by atoms with Crippen LogP contribution < -0.4 is 5.73 Å². The van der Waals surface area contributed by atoms with Crippen molar-refractivity contribution >= 4 is 0 Å². The quantitative estimate of drug-likeness (QED) is 0.818. The topological polar surface area (TPSA) is 26.0 Å². The fourth-order valence-electron chi connectivity index (χ4n) is 2.35. The van der Waals surface area contributed by atoms with Crippen LogP contribution in [0.25, 0.3) is 11.1 Å². The van der Waals surface area contributed by atoms with Gasteiger partial charge in [0.15, 0.2) is 0 Å². The summed E-state index contributed by atoms with van der Waals surface area (Å²) in [6.07, 6.45) is -4.35. The van der Waals surface area contributed by atoms with Gasteiger partial charge in [0.05, 0.1) is 5.56 Å². The summed E-state index contributed by atoms with van der Waals surface area (Å²) in [5, 5.41) is 0. The molecule has 118 valence electrons. The molecular formula is C18H20F3N. The van der Waals surface area contributed by atoms with Gasteiger partial charge >= 0.3 is 6.18 Å². The van der Waals surface area contributed by atoms with Crippen molar-refractivity contribution in [3.8, 4) is 11.1 Å². The number of hydrogen-bond donors (Lipinski definition) is 1. The highest BCUT2D eigenvalue weighted by molar-refractivity contribution is 5.69. The molecule has 2 N–H and O–H groups in total. The third-order valence-corrected chi connectivity index (χ3v) is 3.72. The minimum Gasteiger partial charge on any atom is -0.326 e. The fraction of sp³-hybridized carbons (Fsp3) is 0.333. The Kier molecular flexibility index (Phi) is 4.34. The number of rotatable bonds is 2. The minimum atomic E-state index is -4.35. The smallest absolute Gasteiger partial charge is 0.326 e. The largest absolute Gasteiger partial charge is 0.416 e. The maximum absolute atomic E-state index is 12.9. The molecule has 2 aromatic carbocycles. The highest BCUT2D eigenvalue weighted by Gasteiger charge is 2.31. The van der Waals surface area contributed by atoms with E-state index in [2.05, 4.69) is 20.8 Å². The number of nitrogens with two attached hydrogens (primary N) is 1. The van der Waals surface area contributed by atoms with Crippen LogP contribution in [0.5, 0.6) is 0 Å². The van der Waals surface area contributed by atoms with Crippen molar-refractivity contribution in [3.63, 3.8) is 0 Å². The third-order valence-electron chi connectivity index (χ3n) is 3.72. The molecule has 0 heterocycles. The van der Waals surface area contributed by atoms with E-state index in [4.69, 9.17) is 5.73 Å². The number of halogens is 3. The van der Waals surface area contributed by atoms with Gasteiger partial charge in [-0.05, 0) is 39.8 Å². The minimum absolute atomic E-state index is 0.00302.